The molecule has 0 fully saturated rings. The van der Waals surface area contributed by atoms with Gasteiger partial charge in [-0.2, -0.15) is 0 Å². The van der Waals surface area contributed by atoms with Gasteiger partial charge < -0.3 is 10.7 Å². The number of aromatic amines is 1. The summed E-state index contributed by atoms with van der Waals surface area (Å²) in [7, 11) is 0. The van der Waals surface area contributed by atoms with Gasteiger partial charge in [-0.25, -0.2) is 14.4 Å². The molecule has 0 unspecified atom stereocenters. The molecule has 0 aliphatic rings. The Morgan fingerprint density at radius 3 is 2.88 bits per heavy atom. The van der Waals surface area contributed by atoms with E-state index in [2.05, 4.69) is 15.0 Å². The lowest BCUT2D eigenvalue weighted by Gasteiger charge is -2.01. The van der Waals surface area contributed by atoms with Gasteiger partial charge in [0.2, 0.25) is 0 Å². The van der Waals surface area contributed by atoms with E-state index in [-0.39, 0.29) is 5.82 Å². The molecular formula is C12H9FN4. The van der Waals surface area contributed by atoms with Crippen LogP contribution in [0.25, 0.3) is 22.6 Å². The Morgan fingerprint density at radius 2 is 2.12 bits per heavy atom. The predicted octanol–water partition coefficient (Wildman–Crippen LogP) is 2.35. The highest BCUT2D eigenvalue weighted by Gasteiger charge is 2.09. The summed E-state index contributed by atoms with van der Waals surface area (Å²) in [5.74, 6) is 0.233. The van der Waals surface area contributed by atoms with Crippen LogP contribution in [0.15, 0.2) is 36.5 Å². The first-order valence-corrected chi connectivity index (χ1v) is 5.10. The summed E-state index contributed by atoms with van der Waals surface area (Å²) in [6.07, 6.45) is 1.67. The average molecular weight is 228 g/mol. The van der Waals surface area contributed by atoms with Crippen LogP contribution < -0.4 is 5.73 Å². The first-order valence-electron chi connectivity index (χ1n) is 5.10. The third-order valence-electron chi connectivity index (χ3n) is 2.53. The van der Waals surface area contributed by atoms with Crippen LogP contribution in [0.2, 0.25) is 0 Å². The number of H-pyrrole nitrogens is 1. The van der Waals surface area contributed by atoms with Crippen molar-refractivity contribution in [1.29, 1.82) is 0 Å². The van der Waals surface area contributed by atoms with E-state index in [1.54, 1.807) is 12.3 Å². The van der Waals surface area contributed by atoms with Crippen LogP contribution >= 0.6 is 0 Å². The van der Waals surface area contributed by atoms with E-state index in [4.69, 9.17) is 5.73 Å². The summed E-state index contributed by atoms with van der Waals surface area (Å²) < 4.78 is 12.9. The lowest BCUT2D eigenvalue weighted by molar-refractivity contribution is 0.628. The zero-order chi connectivity index (χ0) is 11.8. The highest BCUT2D eigenvalue weighted by Crippen LogP contribution is 2.25. The van der Waals surface area contributed by atoms with Gasteiger partial charge in [-0.1, -0.05) is 0 Å². The number of nitrogens with two attached hydrogens (primary N) is 1. The molecule has 3 aromatic rings. The van der Waals surface area contributed by atoms with Gasteiger partial charge in [0.15, 0.2) is 5.65 Å². The Bertz CT molecular complexity index is 657. The third-order valence-corrected chi connectivity index (χ3v) is 2.53. The van der Waals surface area contributed by atoms with Gasteiger partial charge in [0, 0.05) is 17.4 Å². The number of hydrogen-bond acceptors (Lipinski definition) is 3. The Morgan fingerprint density at radius 1 is 1.24 bits per heavy atom. The van der Waals surface area contributed by atoms with Crippen molar-refractivity contribution in [2.45, 2.75) is 0 Å². The molecule has 1 aromatic carbocycles. The van der Waals surface area contributed by atoms with Gasteiger partial charge in [-0.15, -0.1) is 0 Å². The van der Waals surface area contributed by atoms with Crippen molar-refractivity contribution in [2.24, 2.45) is 0 Å². The summed E-state index contributed by atoms with van der Waals surface area (Å²) in [5.41, 5.74) is 8.22. The zero-order valence-electron chi connectivity index (χ0n) is 8.81. The van der Waals surface area contributed by atoms with E-state index in [0.717, 1.165) is 5.52 Å². The summed E-state index contributed by atoms with van der Waals surface area (Å²) in [4.78, 5) is 11.5. The van der Waals surface area contributed by atoms with Gasteiger partial charge in [0.25, 0.3) is 0 Å². The number of nitrogens with zero attached hydrogens (tertiary/aromatic N) is 2. The fourth-order valence-corrected chi connectivity index (χ4v) is 1.72. The Kier molecular flexibility index (Phi) is 2.04. The maximum Gasteiger partial charge on any atom is 0.178 e. The molecule has 2 aromatic heterocycles. The summed E-state index contributed by atoms with van der Waals surface area (Å²) in [5, 5.41) is 0. The molecule has 17 heavy (non-hydrogen) atoms. The summed E-state index contributed by atoms with van der Waals surface area (Å²) >= 11 is 0. The largest absolute Gasteiger partial charge is 0.398 e. The second-order valence-corrected chi connectivity index (χ2v) is 3.69. The number of benzene rings is 1. The molecule has 0 saturated carbocycles. The molecule has 0 aliphatic carbocycles. The SMILES string of the molecule is Nc1cc(F)ccc1-c1nc2ncccc2[nH]1. The number of rotatable bonds is 1. The van der Waals surface area contributed by atoms with Gasteiger partial charge >= 0.3 is 0 Å². The summed E-state index contributed by atoms with van der Waals surface area (Å²) in [6, 6.07) is 7.92. The van der Waals surface area contributed by atoms with E-state index in [0.29, 0.717) is 22.7 Å². The molecule has 0 saturated heterocycles. The van der Waals surface area contributed by atoms with E-state index in [1.807, 2.05) is 12.1 Å². The average Bonchev–Trinajstić information content (AvgIpc) is 2.72. The number of halogens is 1. The number of anilines is 1. The third kappa shape index (κ3) is 1.61. The Labute approximate surface area is 96.3 Å². The molecule has 4 nitrogen and oxygen atoms in total. The minimum Gasteiger partial charge on any atom is -0.398 e. The lowest BCUT2D eigenvalue weighted by Crippen LogP contribution is -1.92. The number of aromatic nitrogens is 3. The number of pyridine rings is 1. The van der Waals surface area contributed by atoms with Gasteiger partial charge in [0.05, 0.1) is 5.52 Å². The lowest BCUT2D eigenvalue weighted by atomic mass is 10.1. The first-order chi connectivity index (χ1) is 8.24. The van der Waals surface area contributed by atoms with Crippen molar-refractivity contribution >= 4 is 16.9 Å². The normalized spacial score (nSPS) is 10.9. The van der Waals surface area contributed by atoms with Crippen LogP contribution in [0, 0.1) is 5.82 Å². The molecule has 0 radical (unpaired) electrons. The minimum absolute atomic E-state index is 0.351. The van der Waals surface area contributed by atoms with Crippen LogP contribution in [-0.4, -0.2) is 15.0 Å². The maximum atomic E-state index is 12.9. The fraction of sp³-hybridized carbons (Fsp3) is 0. The van der Waals surface area contributed by atoms with Crippen molar-refractivity contribution in [2.75, 3.05) is 5.73 Å². The molecule has 0 bridgehead atoms. The molecule has 0 amide bonds. The molecule has 3 rings (SSSR count). The van der Waals surface area contributed by atoms with Crippen LogP contribution in [0.4, 0.5) is 10.1 Å². The zero-order valence-corrected chi connectivity index (χ0v) is 8.81. The van der Waals surface area contributed by atoms with Crippen molar-refractivity contribution in [3.05, 3.63) is 42.3 Å². The quantitative estimate of drug-likeness (QED) is 0.628. The van der Waals surface area contributed by atoms with Crippen molar-refractivity contribution in [3.63, 3.8) is 0 Å². The van der Waals surface area contributed by atoms with Crippen molar-refractivity contribution < 1.29 is 4.39 Å². The van der Waals surface area contributed by atoms with Crippen LogP contribution in [-0.2, 0) is 0 Å². The number of imidazole rings is 1. The van der Waals surface area contributed by atoms with Crippen LogP contribution in [0.1, 0.15) is 0 Å². The molecule has 0 aliphatic heterocycles. The number of fused-ring (bicyclic) bond motifs is 1. The molecule has 0 spiro atoms. The highest BCUT2D eigenvalue weighted by molar-refractivity contribution is 5.79. The number of nitrogens with one attached hydrogen (secondary N) is 1. The molecule has 3 N–H and O–H groups in total. The highest BCUT2D eigenvalue weighted by atomic mass is 19.1. The molecule has 0 atom stereocenters. The fourth-order valence-electron chi connectivity index (χ4n) is 1.72. The van der Waals surface area contributed by atoms with Crippen molar-refractivity contribution in [1.82, 2.24) is 15.0 Å². The van der Waals surface area contributed by atoms with Gasteiger partial charge in [0.1, 0.15) is 11.6 Å². The Hall–Kier alpha value is -2.43. The monoisotopic (exact) mass is 228 g/mol. The minimum atomic E-state index is -0.361. The van der Waals surface area contributed by atoms with Crippen LogP contribution in [0.3, 0.4) is 0 Å². The van der Waals surface area contributed by atoms with E-state index < -0.39 is 0 Å². The molecular weight excluding hydrogens is 219 g/mol. The van der Waals surface area contributed by atoms with Gasteiger partial charge in [-0.05, 0) is 30.3 Å². The number of nitrogen functional groups attached to an aromatic ring is 1. The van der Waals surface area contributed by atoms with Crippen molar-refractivity contribution in [3.8, 4) is 11.4 Å². The molecule has 2 heterocycles. The second-order valence-electron chi connectivity index (χ2n) is 3.69. The first kappa shape index (κ1) is 9.77. The predicted molar refractivity (Wildman–Crippen MR) is 63.7 cm³/mol. The smallest absolute Gasteiger partial charge is 0.178 e. The van der Waals surface area contributed by atoms with Gasteiger partial charge in [-0.3, -0.25) is 0 Å². The summed E-state index contributed by atoms with van der Waals surface area (Å²) in [6.45, 7) is 0. The van der Waals surface area contributed by atoms with Crippen LogP contribution in [0.5, 0.6) is 0 Å². The van der Waals surface area contributed by atoms with E-state index >= 15 is 0 Å². The number of hydrogen-bond donors (Lipinski definition) is 2. The molecule has 84 valence electrons. The Balaban J connectivity index is 2.20. The maximum absolute atomic E-state index is 12.9. The topological polar surface area (TPSA) is 67.6 Å². The molecule has 5 heteroatoms. The standard InChI is InChI=1S/C12H9FN4/c13-7-3-4-8(9(14)6-7)11-16-10-2-1-5-15-12(10)17-11/h1-6H,14H2,(H,15,16,17). The van der Waals surface area contributed by atoms with E-state index in [9.17, 15) is 4.39 Å². The second kappa shape index (κ2) is 3.55. The van der Waals surface area contributed by atoms with E-state index in [1.165, 1.54) is 12.1 Å².